The van der Waals surface area contributed by atoms with Crippen molar-refractivity contribution < 1.29 is 19.4 Å². The molecule has 1 aromatic carbocycles. The van der Waals surface area contributed by atoms with Crippen molar-refractivity contribution >= 4 is 44.9 Å². The molecule has 0 atom stereocenters. The number of ether oxygens (including phenoxy) is 1. The van der Waals surface area contributed by atoms with E-state index in [9.17, 15) is 14.7 Å². The zero-order valence-electron chi connectivity index (χ0n) is 12.3. The smallest absolute Gasteiger partial charge is 0.293 e. The van der Waals surface area contributed by atoms with Crippen LogP contribution in [-0.4, -0.2) is 34.3 Å². The molecule has 1 aliphatic heterocycles. The number of aromatic hydroxyl groups is 1. The summed E-state index contributed by atoms with van der Waals surface area (Å²) in [7, 11) is 0. The van der Waals surface area contributed by atoms with Crippen LogP contribution in [0.4, 0.5) is 4.79 Å². The zero-order chi connectivity index (χ0) is 16.3. The van der Waals surface area contributed by atoms with Gasteiger partial charge in [-0.2, -0.15) is 0 Å². The molecule has 0 aromatic heterocycles. The van der Waals surface area contributed by atoms with E-state index in [1.165, 1.54) is 11.0 Å². The van der Waals surface area contributed by atoms with Crippen molar-refractivity contribution in [2.45, 2.75) is 20.3 Å². The van der Waals surface area contributed by atoms with Crippen LogP contribution in [0.15, 0.2) is 21.5 Å². The second kappa shape index (κ2) is 7.19. The van der Waals surface area contributed by atoms with Gasteiger partial charge in [-0.05, 0) is 48.9 Å². The monoisotopic (exact) mass is 385 g/mol. The van der Waals surface area contributed by atoms with E-state index in [4.69, 9.17) is 4.74 Å². The summed E-state index contributed by atoms with van der Waals surface area (Å²) in [6, 6.07) is 3.14. The second-order valence-corrected chi connectivity index (χ2v) is 6.46. The minimum absolute atomic E-state index is 0.0185. The number of imide groups is 1. The predicted octanol–water partition coefficient (Wildman–Crippen LogP) is 4.00. The zero-order valence-corrected chi connectivity index (χ0v) is 14.7. The summed E-state index contributed by atoms with van der Waals surface area (Å²) >= 11 is 4.26. The third kappa shape index (κ3) is 3.47. The topological polar surface area (TPSA) is 66.8 Å². The lowest BCUT2D eigenvalue weighted by molar-refractivity contribution is -0.122. The SMILES string of the molecule is CCCN1C(=O)S/C(=C/c2cc(OCC)c(O)cc2Br)C1=O. The van der Waals surface area contributed by atoms with Gasteiger partial charge >= 0.3 is 0 Å². The van der Waals surface area contributed by atoms with Crippen LogP contribution in [-0.2, 0) is 4.79 Å². The van der Waals surface area contributed by atoms with Gasteiger partial charge in [-0.1, -0.05) is 22.9 Å². The van der Waals surface area contributed by atoms with Gasteiger partial charge in [0.15, 0.2) is 11.5 Å². The highest BCUT2D eigenvalue weighted by molar-refractivity contribution is 9.10. The quantitative estimate of drug-likeness (QED) is 0.775. The summed E-state index contributed by atoms with van der Waals surface area (Å²) in [5.41, 5.74) is 0.670. The van der Waals surface area contributed by atoms with Gasteiger partial charge in [-0.3, -0.25) is 14.5 Å². The van der Waals surface area contributed by atoms with Crippen molar-refractivity contribution in [1.82, 2.24) is 4.90 Å². The number of carbonyl (C=O) groups excluding carboxylic acids is 2. The maximum atomic E-state index is 12.2. The molecule has 1 aromatic rings. The number of nitrogens with zero attached hydrogens (tertiary/aromatic N) is 1. The molecular weight excluding hydrogens is 370 g/mol. The molecule has 1 fully saturated rings. The molecule has 2 rings (SSSR count). The van der Waals surface area contributed by atoms with Gasteiger partial charge in [0.1, 0.15) is 0 Å². The molecule has 1 N–H and O–H groups in total. The van der Waals surface area contributed by atoms with Crippen molar-refractivity contribution in [3.8, 4) is 11.5 Å². The highest BCUT2D eigenvalue weighted by Crippen LogP contribution is 2.37. The first-order chi connectivity index (χ1) is 10.5. The first kappa shape index (κ1) is 16.9. The third-order valence-electron chi connectivity index (χ3n) is 2.99. The maximum Gasteiger partial charge on any atom is 0.293 e. The molecule has 0 spiro atoms. The van der Waals surface area contributed by atoms with E-state index in [-0.39, 0.29) is 16.9 Å². The van der Waals surface area contributed by atoms with Crippen LogP contribution < -0.4 is 4.74 Å². The number of halogens is 1. The van der Waals surface area contributed by atoms with Gasteiger partial charge < -0.3 is 9.84 Å². The van der Waals surface area contributed by atoms with Crippen molar-refractivity contribution in [1.29, 1.82) is 0 Å². The van der Waals surface area contributed by atoms with Crippen molar-refractivity contribution in [2.24, 2.45) is 0 Å². The number of hydrogen-bond donors (Lipinski definition) is 1. The van der Waals surface area contributed by atoms with Crippen LogP contribution in [0.3, 0.4) is 0 Å². The lowest BCUT2D eigenvalue weighted by Gasteiger charge is -2.10. The largest absolute Gasteiger partial charge is 0.504 e. The Hall–Kier alpha value is -1.47. The van der Waals surface area contributed by atoms with Crippen molar-refractivity contribution in [3.05, 3.63) is 27.1 Å². The van der Waals surface area contributed by atoms with Crippen LogP contribution in [0.1, 0.15) is 25.8 Å². The molecule has 2 amide bonds. The third-order valence-corrected chi connectivity index (χ3v) is 4.58. The molecule has 0 saturated carbocycles. The Kier molecular flexibility index (Phi) is 5.52. The lowest BCUT2D eigenvalue weighted by Crippen LogP contribution is -2.28. The Morgan fingerprint density at radius 1 is 1.36 bits per heavy atom. The van der Waals surface area contributed by atoms with E-state index in [1.54, 1.807) is 12.1 Å². The number of phenolic OH excluding ortho intramolecular Hbond substituents is 1. The minimum atomic E-state index is -0.283. The van der Waals surface area contributed by atoms with Crippen LogP contribution in [0.25, 0.3) is 6.08 Å². The Morgan fingerprint density at radius 2 is 2.09 bits per heavy atom. The number of amides is 2. The number of benzene rings is 1. The lowest BCUT2D eigenvalue weighted by atomic mass is 10.2. The highest BCUT2D eigenvalue weighted by Gasteiger charge is 2.34. The van der Waals surface area contributed by atoms with E-state index in [1.807, 2.05) is 13.8 Å². The van der Waals surface area contributed by atoms with E-state index in [0.29, 0.717) is 33.8 Å². The Balaban J connectivity index is 2.35. The summed E-state index contributed by atoms with van der Waals surface area (Å²) < 4.78 is 5.96. The summed E-state index contributed by atoms with van der Waals surface area (Å²) in [6.07, 6.45) is 2.36. The summed E-state index contributed by atoms with van der Waals surface area (Å²) in [5, 5.41) is 9.55. The number of rotatable bonds is 5. The van der Waals surface area contributed by atoms with E-state index < -0.39 is 0 Å². The summed E-state index contributed by atoms with van der Waals surface area (Å²) in [4.78, 5) is 25.7. The molecule has 7 heteroatoms. The molecular formula is C15H16BrNO4S. The fourth-order valence-electron chi connectivity index (χ4n) is 2.00. The summed E-state index contributed by atoms with van der Waals surface area (Å²) in [5.74, 6) is 0.0736. The number of carbonyl (C=O) groups is 2. The van der Waals surface area contributed by atoms with Gasteiger partial charge in [0.25, 0.3) is 11.1 Å². The van der Waals surface area contributed by atoms with Gasteiger partial charge in [-0.15, -0.1) is 0 Å². The molecule has 1 aliphatic rings. The molecule has 118 valence electrons. The number of phenols is 1. The van der Waals surface area contributed by atoms with Gasteiger partial charge in [-0.25, -0.2) is 0 Å². The highest BCUT2D eigenvalue weighted by atomic mass is 79.9. The number of thioether (sulfide) groups is 1. The molecule has 0 bridgehead atoms. The standard InChI is InChI=1S/C15H16BrNO4S/c1-3-5-17-14(19)13(22-15(17)20)7-9-6-12(21-4-2)11(18)8-10(9)16/h6-8,18H,3-5H2,1-2H3/b13-7+. The second-order valence-electron chi connectivity index (χ2n) is 4.61. The van der Waals surface area contributed by atoms with Crippen molar-refractivity contribution in [3.63, 3.8) is 0 Å². The minimum Gasteiger partial charge on any atom is -0.504 e. The van der Waals surface area contributed by atoms with E-state index >= 15 is 0 Å². The average Bonchev–Trinajstić information content (AvgIpc) is 2.72. The predicted molar refractivity (Wildman–Crippen MR) is 89.9 cm³/mol. The molecule has 0 aliphatic carbocycles. The van der Waals surface area contributed by atoms with E-state index in [0.717, 1.165) is 18.2 Å². The van der Waals surface area contributed by atoms with Crippen LogP contribution in [0.2, 0.25) is 0 Å². The first-order valence-corrected chi connectivity index (χ1v) is 8.49. The summed E-state index contributed by atoms with van der Waals surface area (Å²) in [6.45, 7) is 4.57. The first-order valence-electron chi connectivity index (χ1n) is 6.88. The molecule has 0 radical (unpaired) electrons. The van der Waals surface area contributed by atoms with Gasteiger partial charge in [0, 0.05) is 11.0 Å². The Morgan fingerprint density at radius 3 is 2.73 bits per heavy atom. The maximum absolute atomic E-state index is 12.2. The fourth-order valence-corrected chi connectivity index (χ4v) is 3.30. The molecule has 1 saturated heterocycles. The normalized spacial score (nSPS) is 16.7. The molecule has 22 heavy (non-hydrogen) atoms. The fraction of sp³-hybridized carbons (Fsp3) is 0.333. The van der Waals surface area contributed by atoms with Gasteiger partial charge in [0.05, 0.1) is 11.5 Å². The van der Waals surface area contributed by atoms with Crippen molar-refractivity contribution in [2.75, 3.05) is 13.2 Å². The van der Waals surface area contributed by atoms with E-state index in [2.05, 4.69) is 15.9 Å². The molecule has 1 heterocycles. The Labute approximate surface area is 141 Å². The van der Waals surface area contributed by atoms with Crippen LogP contribution in [0, 0.1) is 0 Å². The Bertz CT molecular complexity index is 645. The molecule has 0 unspecified atom stereocenters. The molecule has 5 nitrogen and oxygen atoms in total. The average molecular weight is 386 g/mol. The van der Waals surface area contributed by atoms with Crippen LogP contribution >= 0.6 is 27.7 Å². The van der Waals surface area contributed by atoms with Crippen LogP contribution in [0.5, 0.6) is 11.5 Å². The number of hydrogen-bond acceptors (Lipinski definition) is 5. The van der Waals surface area contributed by atoms with Gasteiger partial charge in [0.2, 0.25) is 0 Å².